The summed E-state index contributed by atoms with van der Waals surface area (Å²) in [6, 6.07) is 15.0. The fourth-order valence-corrected chi connectivity index (χ4v) is 4.23. The van der Waals surface area contributed by atoms with Crippen molar-refractivity contribution in [1.82, 2.24) is 9.78 Å². The zero-order chi connectivity index (χ0) is 21.6. The Kier molecular flexibility index (Phi) is 7.15. The lowest BCUT2D eigenvalue weighted by atomic mass is 9.99. The second kappa shape index (κ2) is 9.80. The number of aromatic nitrogens is 2. The minimum Gasteiger partial charge on any atom is -0.492 e. The molecule has 7 heteroatoms. The second-order valence-electron chi connectivity index (χ2n) is 7.37. The number of benzene rings is 2. The van der Waals surface area contributed by atoms with Crippen molar-refractivity contribution in [2.45, 2.75) is 38.0 Å². The SMILES string of the molecule is CCCSC(C)(Cc1ccc(OCCn2ncc3ccccc3c2=O)cc1)C(N)=O. The van der Waals surface area contributed by atoms with Gasteiger partial charge >= 0.3 is 0 Å². The van der Waals surface area contributed by atoms with E-state index in [2.05, 4.69) is 12.0 Å². The first-order chi connectivity index (χ1) is 14.4. The Morgan fingerprint density at radius 2 is 1.93 bits per heavy atom. The van der Waals surface area contributed by atoms with Gasteiger partial charge in [0, 0.05) is 5.39 Å². The predicted molar refractivity (Wildman–Crippen MR) is 122 cm³/mol. The zero-order valence-electron chi connectivity index (χ0n) is 17.3. The molecular formula is C23H27N3O3S. The summed E-state index contributed by atoms with van der Waals surface area (Å²) in [4.78, 5) is 24.4. The van der Waals surface area contributed by atoms with Gasteiger partial charge in [0.2, 0.25) is 5.91 Å². The Balaban J connectivity index is 1.59. The fourth-order valence-electron chi connectivity index (χ4n) is 3.17. The average Bonchev–Trinajstić information content (AvgIpc) is 2.75. The first-order valence-electron chi connectivity index (χ1n) is 10.0. The molecule has 0 aliphatic carbocycles. The highest BCUT2D eigenvalue weighted by Gasteiger charge is 2.31. The minimum atomic E-state index is -0.624. The van der Waals surface area contributed by atoms with Crippen molar-refractivity contribution in [3.63, 3.8) is 0 Å². The van der Waals surface area contributed by atoms with Gasteiger partial charge in [-0.15, -0.1) is 11.8 Å². The van der Waals surface area contributed by atoms with Crippen molar-refractivity contribution in [2.75, 3.05) is 12.4 Å². The van der Waals surface area contributed by atoms with Gasteiger partial charge in [-0.2, -0.15) is 5.10 Å². The number of nitrogens with zero attached hydrogens (tertiary/aromatic N) is 2. The summed E-state index contributed by atoms with van der Waals surface area (Å²) in [7, 11) is 0. The largest absolute Gasteiger partial charge is 0.492 e. The molecule has 30 heavy (non-hydrogen) atoms. The molecule has 0 aliphatic heterocycles. The molecule has 2 N–H and O–H groups in total. The van der Waals surface area contributed by atoms with Gasteiger partial charge in [0.25, 0.3) is 5.56 Å². The van der Waals surface area contributed by atoms with Crippen LogP contribution in [0.5, 0.6) is 5.75 Å². The third kappa shape index (κ3) is 5.21. The molecule has 0 saturated heterocycles. The Labute approximate surface area is 180 Å². The van der Waals surface area contributed by atoms with Gasteiger partial charge in [-0.25, -0.2) is 4.68 Å². The van der Waals surface area contributed by atoms with Crippen LogP contribution < -0.4 is 16.0 Å². The van der Waals surface area contributed by atoms with Gasteiger partial charge < -0.3 is 10.5 Å². The Hall–Kier alpha value is -2.80. The number of thioether (sulfide) groups is 1. The molecule has 1 heterocycles. The molecule has 1 amide bonds. The van der Waals surface area contributed by atoms with E-state index >= 15 is 0 Å². The van der Waals surface area contributed by atoms with Crippen LogP contribution in [0, 0.1) is 0 Å². The van der Waals surface area contributed by atoms with Gasteiger partial charge in [-0.05, 0) is 49.3 Å². The molecule has 1 unspecified atom stereocenters. The van der Waals surface area contributed by atoms with E-state index < -0.39 is 4.75 Å². The van der Waals surface area contributed by atoms with E-state index in [1.807, 2.05) is 49.4 Å². The molecule has 158 valence electrons. The number of nitrogens with two attached hydrogens (primary N) is 1. The van der Waals surface area contributed by atoms with Crippen LogP contribution in [-0.2, 0) is 17.8 Å². The van der Waals surface area contributed by atoms with E-state index in [-0.39, 0.29) is 11.5 Å². The minimum absolute atomic E-state index is 0.123. The summed E-state index contributed by atoms with van der Waals surface area (Å²) in [5.74, 6) is 1.30. The topological polar surface area (TPSA) is 87.2 Å². The quantitative estimate of drug-likeness (QED) is 0.538. The maximum Gasteiger partial charge on any atom is 0.274 e. The lowest BCUT2D eigenvalue weighted by Gasteiger charge is -2.25. The number of ether oxygens (including phenoxy) is 1. The molecule has 1 atom stereocenters. The number of carbonyl (C=O) groups excluding carboxylic acids is 1. The normalized spacial score (nSPS) is 13.1. The van der Waals surface area contributed by atoms with Gasteiger partial charge in [0.05, 0.1) is 22.9 Å². The predicted octanol–water partition coefficient (Wildman–Crippen LogP) is 3.41. The van der Waals surface area contributed by atoms with E-state index in [0.717, 1.165) is 23.1 Å². The molecule has 3 rings (SSSR count). The van der Waals surface area contributed by atoms with Crippen molar-refractivity contribution < 1.29 is 9.53 Å². The molecular weight excluding hydrogens is 398 g/mol. The van der Waals surface area contributed by atoms with Crippen molar-refractivity contribution in [3.05, 3.63) is 70.6 Å². The zero-order valence-corrected chi connectivity index (χ0v) is 18.2. The van der Waals surface area contributed by atoms with Crippen molar-refractivity contribution >= 4 is 28.4 Å². The number of amides is 1. The highest BCUT2D eigenvalue weighted by atomic mass is 32.2. The van der Waals surface area contributed by atoms with E-state index in [0.29, 0.717) is 30.7 Å². The molecule has 1 aromatic heterocycles. The van der Waals surface area contributed by atoms with Crippen LogP contribution in [0.3, 0.4) is 0 Å². The Bertz CT molecular complexity index is 1070. The molecule has 0 fully saturated rings. The molecule has 0 saturated carbocycles. The standard InChI is InChI=1S/C23H27N3O3S/c1-3-14-30-23(2,22(24)28)15-17-8-10-19(11-9-17)29-13-12-26-21(27)20-7-5-4-6-18(20)16-25-26/h4-11,16H,3,12-15H2,1-2H3,(H2,24,28). The number of hydrogen-bond donors (Lipinski definition) is 1. The smallest absolute Gasteiger partial charge is 0.274 e. The number of primary amides is 1. The summed E-state index contributed by atoms with van der Waals surface area (Å²) in [6.07, 6.45) is 3.26. The van der Waals surface area contributed by atoms with Gasteiger partial charge in [0.15, 0.2) is 0 Å². The number of carbonyl (C=O) groups is 1. The summed E-state index contributed by atoms with van der Waals surface area (Å²) in [6.45, 7) is 4.67. The van der Waals surface area contributed by atoms with Crippen LogP contribution in [0.4, 0.5) is 0 Å². The van der Waals surface area contributed by atoms with Gasteiger partial charge in [0.1, 0.15) is 12.4 Å². The summed E-state index contributed by atoms with van der Waals surface area (Å²) in [5.41, 5.74) is 6.54. The summed E-state index contributed by atoms with van der Waals surface area (Å²) in [5, 5.41) is 5.69. The third-order valence-electron chi connectivity index (χ3n) is 4.94. The molecule has 0 aliphatic rings. The average molecular weight is 426 g/mol. The molecule has 0 spiro atoms. The van der Waals surface area contributed by atoms with Crippen LogP contribution in [0.2, 0.25) is 0 Å². The molecule has 0 radical (unpaired) electrons. The molecule has 0 bridgehead atoms. The monoisotopic (exact) mass is 425 g/mol. The van der Waals surface area contributed by atoms with Crippen LogP contribution >= 0.6 is 11.8 Å². The third-order valence-corrected chi connectivity index (χ3v) is 6.54. The fraction of sp³-hybridized carbons (Fsp3) is 0.348. The number of rotatable bonds is 10. The first kappa shape index (κ1) is 21.9. The lowest BCUT2D eigenvalue weighted by molar-refractivity contribution is -0.119. The van der Waals surface area contributed by atoms with Crippen molar-refractivity contribution in [2.24, 2.45) is 5.73 Å². The number of fused-ring (bicyclic) bond motifs is 1. The van der Waals surface area contributed by atoms with Crippen LogP contribution in [0.1, 0.15) is 25.8 Å². The van der Waals surface area contributed by atoms with E-state index in [1.54, 1.807) is 24.0 Å². The van der Waals surface area contributed by atoms with Crippen molar-refractivity contribution in [1.29, 1.82) is 0 Å². The van der Waals surface area contributed by atoms with Gasteiger partial charge in [-0.1, -0.05) is 37.3 Å². The maximum atomic E-state index is 12.5. The van der Waals surface area contributed by atoms with E-state index in [1.165, 1.54) is 4.68 Å². The summed E-state index contributed by atoms with van der Waals surface area (Å²) >= 11 is 1.60. The van der Waals surface area contributed by atoms with E-state index in [4.69, 9.17) is 10.5 Å². The molecule has 6 nitrogen and oxygen atoms in total. The molecule has 3 aromatic rings. The molecule has 2 aromatic carbocycles. The Morgan fingerprint density at radius 1 is 1.20 bits per heavy atom. The van der Waals surface area contributed by atoms with Crippen LogP contribution in [0.25, 0.3) is 10.8 Å². The maximum absolute atomic E-state index is 12.5. The summed E-state index contributed by atoms with van der Waals surface area (Å²) < 4.78 is 6.57. The Morgan fingerprint density at radius 3 is 2.63 bits per heavy atom. The van der Waals surface area contributed by atoms with Crippen LogP contribution in [0.15, 0.2) is 59.5 Å². The first-order valence-corrected chi connectivity index (χ1v) is 11.0. The highest BCUT2D eigenvalue weighted by molar-refractivity contribution is 8.01. The van der Waals surface area contributed by atoms with Gasteiger partial charge in [-0.3, -0.25) is 9.59 Å². The van der Waals surface area contributed by atoms with E-state index in [9.17, 15) is 9.59 Å². The lowest BCUT2D eigenvalue weighted by Crippen LogP contribution is -2.40. The van der Waals surface area contributed by atoms with Crippen molar-refractivity contribution in [3.8, 4) is 5.75 Å². The number of hydrogen-bond acceptors (Lipinski definition) is 5. The van der Waals surface area contributed by atoms with Crippen LogP contribution in [-0.4, -0.2) is 32.8 Å². The second-order valence-corrected chi connectivity index (χ2v) is 8.97. The highest BCUT2D eigenvalue weighted by Crippen LogP contribution is 2.30.